The van der Waals surface area contributed by atoms with Crippen LogP contribution in [0.3, 0.4) is 0 Å². The van der Waals surface area contributed by atoms with Gasteiger partial charge in [0.15, 0.2) is 5.17 Å². The summed E-state index contributed by atoms with van der Waals surface area (Å²) in [7, 11) is 0. The van der Waals surface area contributed by atoms with Crippen molar-refractivity contribution in [3.63, 3.8) is 0 Å². The maximum Gasteiger partial charge on any atom is 0.387 e. The van der Waals surface area contributed by atoms with E-state index in [1.165, 1.54) is 29.2 Å². The highest BCUT2D eigenvalue weighted by atomic mass is 32.2. The van der Waals surface area contributed by atoms with Crippen molar-refractivity contribution in [3.8, 4) is 5.75 Å². The predicted molar refractivity (Wildman–Crippen MR) is 110 cm³/mol. The van der Waals surface area contributed by atoms with Gasteiger partial charge < -0.3 is 20.5 Å². The lowest BCUT2D eigenvalue weighted by molar-refractivity contribution is -0.0501. The largest absolute Gasteiger partial charge is 0.433 e. The van der Waals surface area contributed by atoms with Crippen LogP contribution in [0.15, 0.2) is 22.6 Å². The first kappa shape index (κ1) is 20.9. The average molecular weight is 456 g/mol. The van der Waals surface area contributed by atoms with E-state index in [9.17, 15) is 13.6 Å². The Kier molecular flexibility index (Phi) is 5.89. The van der Waals surface area contributed by atoms with Crippen LogP contribution in [0.4, 0.5) is 14.6 Å². The molecule has 4 rings (SSSR count). The van der Waals surface area contributed by atoms with Crippen molar-refractivity contribution in [2.24, 2.45) is 16.6 Å². The SMILES string of the molecule is Cc1cc(OC(F)F)cnc1C(=O)Nc1csc(C23COCCC2CSC(N)=N3)n1. The molecule has 3 N–H and O–H groups in total. The highest BCUT2D eigenvalue weighted by molar-refractivity contribution is 8.13. The van der Waals surface area contributed by atoms with Gasteiger partial charge in [0.1, 0.15) is 27.8 Å². The molecule has 0 bridgehead atoms. The number of thiazole rings is 1. The van der Waals surface area contributed by atoms with Crippen LogP contribution in [-0.4, -0.2) is 46.6 Å². The van der Waals surface area contributed by atoms with Gasteiger partial charge in [-0.2, -0.15) is 8.78 Å². The van der Waals surface area contributed by atoms with E-state index in [1.54, 1.807) is 12.3 Å². The Morgan fingerprint density at radius 3 is 3.10 bits per heavy atom. The molecule has 2 aliphatic rings. The Bertz CT molecular complexity index is 986. The number of thioether (sulfide) groups is 1. The number of carbonyl (C=O) groups excluding carboxylic acids is 1. The fraction of sp³-hybridized carbons (Fsp3) is 0.444. The predicted octanol–water partition coefficient (Wildman–Crippen LogP) is 2.99. The number of amidine groups is 1. The molecule has 12 heteroatoms. The highest BCUT2D eigenvalue weighted by Crippen LogP contribution is 2.45. The van der Waals surface area contributed by atoms with E-state index in [0.717, 1.165) is 23.4 Å². The third-order valence-electron chi connectivity index (χ3n) is 4.96. The maximum atomic E-state index is 12.6. The lowest BCUT2D eigenvalue weighted by Crippen LogP contribution is -2.47. The van der Waals surface area contributed by atoms with Gasteiger partial charge in [0, 0.05) is 23.7 Å². The summed E-state index contributed by atoms with van der Waals surface area (Å²) >= 11 is 2.92. The van der Waals surface area contributed by atoms with Gasteiger partial charge in [0.2, 0.25) is 0 Å². The summed E-state index contributed by atoms with van der Waals surface area (Å²) in [6.45, 7) is -0.298. The molecule has 0 spiro atoms. The van der Waals surface area contributed by atoms with Crippen LogP contribution in [0.2, 0.25) is 0 Å². The van der Waals surface area contributed by atoms with Crippen LogP contribution >= 0.6 is 23.1 Å². The van der Waals surface area contributed by atoms with Crippen molar-refractivity contribution >= 4 is 40.0 Å². The Hall–Kier alpha value is -2.31. The maximum absolute atomic E-state index is 12.6. The van der Waals surface area contributed by atoms with Crippen LogP contribution in [0, 0.1) is 12.8 Å². The van der Waals surface area contributed by atoms with Gasteiger partial charge in [-0.3, -0.25) is 4.79 Å². The van der Waals surface area contributed by atoms with Gasteiger partial charge in [-0.1, -0.05) is 11.8 Å². The van der Waals surface area contributed by atoms with E-state index in [0.29, 0.717) is 29.8 Å². The molecule has 0 saturated carbocycles. The van der Waals surface area contributed by atoms with Crippen LogP contribution in [0.25, 0.3) is 0 Å². The van der Waals surface area contributed by atoms with Crippen molar-refractivity contribution in [1.29, 1.82) is 0 Å². The summed E-state index contributed by atoms with van der Waals surface area (Å²) < 4.78 is 34.7. The van der Waals surface area contributed by atoms with E-state index >= 15 is 0 Å². The highest BCUT2D eigenvalue weighted by Gasteiger charge is 2.47. The smallest absolute Gasteiger partial charge is 0.387 e. The minimum Gasteiger partial charge on any atom is -0.433 e. The van der Waals surface area contributed by atoms with E-state index < -0.39 is 18.1 Å². The minimum atomic E-state index is -2.96. The van der Waals surface area contributed by atoms with Gasteiger partial charge in [0.05, 0.1) is 12.8 Å². The van der Waals surface area contributed by atoms with Crippen LogP contribution in [0.1, 0.15) is 27.5 Å². The first-order valence-electron chi connectivity index (χ1n) is 9.12. The fourth-order valence-electron chi connectivity index (χ4n) is 3.51. The standard InChI is InChI=1S/C18H19F2N5O3S2/c1-9-4-11(28-16(19)20)5-22-13(9)14(26)23-12-7-29-15(24-12)18-8-27-3-2-10(18)6-30-17(21)25-18/h4-5,7,10,16H,2-3,6,8H2,1H3,(H2,21,25)(H,23,26). The number of ether oxygens (including phenoxy) is 2. The van der Waals surface area contributed by atoms with Crippen molar-refractivity contribution in [1.82, 2.24) is 9.97 Å². The van der Waals surface area contributed by atoms with E-state index in [1.807, 2.05) is 0 Å². The second-order valence-electron chi connectivity index (χ2n) is 6.93. The summed E-state index contributed by atoms with van der Waals surface area (Å²) in [5, 5.41) is 5.67. The van der Waals surface area contributed by atoms with Gasteiger partial charge >= 0.3 is 6.61 Å². The average Bonchev–Trinajstić information content (AvgIpc) is 3.16. The number of nitrogens with one attached hydrogen (secondary N) is 1. The zero-order valence-corrected chi connectivity index (χ0v) is 17.6. The van der Waals surface area contributed by atoms with Crippen molar-refractivity contribution in [2.45, 2.75) is 25.5 Å². The van der Waals surface area contributed by atoms with Gasteiger partial charge in [0.25, 0.3) is 5.91 Å². The summed E-state index contributed by atoms with van der Waals surface area (Å²) in [5.41, 5.74) is 5.85. The number of amides is 1. The second kappa shape index (κ2) is 8.44. The Morgan fingerprint density at radius 1 is 1.50 bits per heavy atom. The van der Waals surface area contributed by atoms with Crippen LogP contribution in [0.5, 0.6) is 5.75 Å². The van der Waals surface area contributed by atoms with Gasteiger partial charge in [-0.15, -0.1) is 11.3 Å². The summed E-state index contributed by atoms with van der Waals surface area (Å²) in [6.07, 6.45) is 1.95. The summed E-state index contributed by atoms with van der Waals surface area (Å²) in [6, 6.07) is 1.33. The number of carbonyl (C=O) groups is 1. The summed E-state index contributed by atoms with van der Waals surface area (Å²) in [5.74, 6) is 0.854. The molecule has 2 aliphatic heterocycles. The Balaban J connectivity index is 1.53. The zero-order valence-electron chi connectivity index (χ0n) is 15.9. The normalized spacial score (nSPS) is 23.6. The lowest BCUT2D eigenvalue weighted by Gasteiger charge is -2.41. The number of aliphatic imine (C=N–C) groups is 1. The molecule has 4 heterocycles. The number of rotatable bonds is 5. The number of nitrogens with zero attached hydrogens (tertiary/aromatic N) is 3. The zero-order chi connectivity index (χ0) is 21.3. The molecular formula is C18H19F2N5O3S2. The number of aromatic nitrogens is 2. The molecule has 0 aliphatic carbocycles. The Morgan fingerprint density at radius 2 is 2.33 bits per heavy atom. The third-order valence-corrected chi connectivity index (χ3v) is 6.93. The monoisotopic (exact) mass is 455 g/mol. The Labute approximate surface area is 179 Å². The molecule has 2 atom stereocenters. The number of anilines is 1. The number of nitrogens with two attached hydrogens (primary N) is 1. The number of pyridine rings is 1. The molecule has 2 aromatic heterocycles. The van der Waals surface area contributed by atoms with Gasteiger partial charge in [-0.25, -0.2) is 15.0 Å². The van der Waals surface area contributed by atoms with Crippen LogP contribution in [-0.2, 0) is 10.3 Å². The first-order chi connectivity index (χ1) is 14.4. The van der Waals surface area contributed by atoms with E-state index in [4.69, 9.17) is 10.5 Å². The number of aryl methyl sites for hydroxylation is 1. The molecule has 0 aromatic carbocycles. The quantitative estimate of drug-likeness (QED) is 0.713. The molecule has 2 aromatic rings. The lowest BCUT2D eigenvalue weighted by atomic mass is 9.82. The molecule has 8 nitrogen and oxygen atoms in total. The first-order valence-corrected chi connectivity index (χ1v) is 11.0. The number of fused-ring (bicyclic) bond motifs is 1. The molecule has 1 amide bonds. The molecule has 0 radical (unpaired) electrons. The molecule has 1 fully saturated rings. The number of hydrogen-bond donors (Lipinski definition) is 2. The van der Waals surface area contributed by atoms with Crippen molar-refractivity contribution in [3.05, 3.63) is 33.9 Å². The molecule has 160 valence electrons. The van der Waals surface area contributed by atoms with E-state index in [2.05, 4.69) is 25.0 Å². The molecule has 2 unspecified atom stereocenters. The number of hydrogen-bond acceptors (Lipinski definition) is 9. The fourth-order valence-corrected chi connectivity index (χ4v) is 5.52. The summed E-state index contributed by atoms with van der Waals surface area (Å²) in [4.78, 5) is 25.8. The molecular weight excluding hydrogens is 436 g/mol. The van der Waals surface area contributed by atoms with Gasteiger partial charge in [-0.05, 0) is 25.0 Å². The number of alkyl halides is 2. The topological polar surface area (TPSA) is 112 Å². The van der Waals surface area contributed by atoms with Crippen molar-refractivity contribution in [2.75, 3.05) is 24.3 Å². The molecule has 30 heavy (non-hydrogen) atoms. The van der Waals surface area contributed by atoms with Crippen molar-refractivity contribution < 1.29 is 23.0 Å². The second-order valence-corrected chi connectivity index (χ2v) is 8.83. The number of halogens is 2. The van der Waals surface area contributed by atoms with Crippen LogP contribution < -0.4 is 15.8 Å². The third kappa shape index (κ3) is 4.12. The molecule has 1 saturated heterocycles. The minimum absolute atomic E-state index is 0.0968. The van der Waals surface area contributed by atoms with E-state index in [-0.39, 0.29) is 17.4 Å².